The molecule has 0 saturated heterocycles. The molecule has 100 valence electrons. The second kappa shape index (κ2) is 6.90. The SMILES string of the molecule is CC(Cc1ccc(Br)cc1)NC(=O)[C@H](N)C(C)C. The molecule has 0 aliphatic carbocycles. The summed E-state index contributed by atoms with van der Waals surface area (Å²) in [6.07, 6.45) is 0.809. The van der Waals surface area contributed by atoms with Crippen LogP contribution in [0.5, 0.6) is 0 Å². The van der Waals surface area contributed by atoms with Crippen molar-refractivity contribution in [1.82, 2.24) is 5.32 Å². The van der Waals surface area contributed by atoms with Crippen molar-refractivity contribution in [2.75, 3.05) is 0 Å². The average molecular weight is 313 g/mol. The Balaban J connectivity index is 2.49. The number of rotatable bonds is 5. The number of halogens is 1. The number of nitrogens with two attached hydrogens (primary N) is 1. The van der Waals surface area contributed by atoms with E-state index in [0.29, 0.717) is 0 Å². The third kappa shape index (κ3) is 4.78. The Morgan fingerprint density at radius 3 is 2.33 bits per heavy atom. The van der Waals surface area contributed by atoms with Crippen LogP contribution in [0.15, 0.2) is 28.7 Å². The van der Waals surface area contributed by atoms with E-state index in [1.807, 2.05) is 32.9 Å². The Labute approximate surface area is 117 Å². The van der Waals surface area contributed by atoms with Crippen molar-refractivity contribution in [3.63, 3.8) is 0 Å². The number of hydrogen-bond donors (Lipinski definition) is 2. The molecule has 1 amide bonds. The second-order valence-electron chi connectivity index (χ2n) is 5.01. The summed E-state index contributed by atoms with van der Waals surface area (Å²) in [6.45, 7) is 5.89. The van der Waals surface area contributed by atoms with Crippen LogP contribution in [0.4, 0.5) is 0 Å². The number of benzene rings is 1. The summed E-state index contributed by atoms with van der Waals surface area (Å²) in [5.74, 6) is 0.0829. The van der Waals surface area contributed by atoms with Crippen LogP contribution in [0, 0.1) is 5.92 Å². The molecule has 0 aromatic heterocycles. The normalized spacial score (nSPS) is 14.3. The maximum atomic E-state index is 11.8. The third-order valence-electron chi connectivity index (χ3n) is 2.86. The van der Waals surface area contributed by atoms with Crippen molar-refractivity contribution in [2.24, 2.45) is 11.7 Å². The molecule has 4 heteroatoms. The van der Waals surface area contributed by atoms with Gasteiger partial charge in [-0.15, -0.1) is 0 Å². The van der Waals surface area contributed by atoms with Gasteiger partial charge in [-0.05, 0) is 37.0 Å². The Kier molecular flexibility index (Phi) is 5.82. The molecule has 0 spiro atoms. The van der Waals surface area contributed by atoms with Gasteiger partial charge in [0.1, 0.15) is 0 Å². The molecular weight excluding hydrogens is 292 g/mol. The average Bonchev–Trinajstić information content (AvgIpc) is 2.30. The lowest BCUT2D eigenvalue weighted by molar-refractivity contribution is -0.123. The van der Waals surface area contributed by atoms with Gasteiger partial charge in [0.2, 0.25) is 5.91 Å². The third-order valence-corrected chi connectivity index (χ3v) is 3.39. The summed E-state index contributed by atoms with van der Waals surface area (Å²) in [7, 11) is 0. The van der Waals surface area contributed by atoms with Crippen molar-refractivity contribution < 1.29 is 4.79 Å². The summed E-state index contributed by atoms with van der Waals surface area (Å²) >= 11 is 3.40. The lowest BCUT2D eigenvalue weighted by Gasteiger charge is -2.19. The molecule has 0 fully saturated rings. The molecule has 0 saturated carbocycles. The zero-order valence-electron chi connectivity index (χ0n) is 11.1. The van der Waals surface area contributed by atoms with Crippen LogP contribution in [-0.2, 0) is 11.2 Å². The minimum Gasteiger partial charge on any atom is -0.352 e. The lowest BCUT2D eigenvalue weighted by Crippen LogP contribution is -2.47. The molecule has 1 unspecified atom stereocenters. The lowest BCUT2D eigenvalue weighted by atomic mass is 10.0. The zero-order valence-corrected chi connectivity index (χ0v) is 12.7. The fourth-order valence-electron chi connectivity index (χ4n) is 1.67. The van der Waals surface area contributed by atoms with Gasteiger partial charge in [-0.2, -0.15) is 0 Å². The molecule has 1 aromatic carbocycles. The highest BCUT2D eigenvalue weighted by atomic mass is 79.9. The monoisotopic (exact) mass is 312 g/mol. The molecule has 0 aliphatic heterocycles. The summed E-state index contributed by atoms with van der Waals surface area (Å²) in [5.41, 5.74) is 7.00. The van der Waals surface area contributed by atoms with Gasteiger partial charge in [0.15, 0.2) is 0 Å². The van der Waals surface area contributed by atoms with Crippen LogP contribution >= 0.6 is 15.9 Å². The van der Waals surface area contributed by atoms with Crippen molar-refractivity contribution in [2.45, 2.75) is 39.3 Å². The minimum absolute atomic E-state index is 0.0744. The van der Waals surface area contributed by atoms with Crippen LogP contribution in [-0.4, -0.2) is 18.0 Å². The molecule has 1 aromatic rings. The quantitative estimate of drug-likeness (QED) is 0.877. The van der Waals surface area contributed by atoms with E-state index in [1.54, 1.807) is 0 Å². The van der Waals surface area contributed by atoms with E-state index < -0.39 is 6.04 Å². The van der Waals surface area contributed by atoms with Gasteiger partial charge in [-0.1, -0.05) is 41.9 Å². The minimum atomic E-state index is -0.433. The smallest absolute Gasteiger partial charge is 0.237 e. The first-order valence-corrected chi connectivity index (χ1v) is 7.00. The predicted molar refractivity (Wildman–Crippen MR) is 78.3 cm³/mol. The fraction of sp³-hybridized carbons (Fsp3) is 0.500. The standard InChI is InChI=1S/C14H21BrN2O/c1-9(2)13(16)14(18)17-10(3)8-11-4-6-12(15)7-5-11/h4-7,9-10,13H,8,16H2,1-3H3,(H,17,18)/t10?,13-/m1/s1. The van der Waals surface area contributed by atoms with E-state index >= 15 is 0 Å². The molecule has 0 aliphatic rings. The van der Waals surface area contributed by atoms with Crippen LogP contribution in [0.1, 0.15) is 26.3 Å². The van der Waals surface area contributed by atoms with E-state index in [4.69, 9.17) is 5.73 Å². The number of hydrogen-bond acceptors (Lipinski definition) is 2. The number of amides is 1. The Hall–Kier alpha value is -0.870. The Morgan fingerprint density at radius 2 is 1.83 bits per heavy atom. The maximum Gasteiger partial charge on any atom is 0.237 e. The molecule has 3 N–H and O–H groups in total. The van der Waals surface area contributed by atoms with Crippen molar-refractivity contribution >= 4 is 21.8 Å². The fourth-order valence-corrected chi connectivity index (χ4v) is 1.93. The Morgan fingerprint density at radius 1 is 1.28 bits per heavy atom. The van der Waals surface area contributed by atoms with Gasteiger partial charge in [0.05, 0.1) is 6.04 Å². The predicted octanol–water partition coefficient (Wildman–Crippen LogP) is 2.48. The first-order chi connectivity index (χ1) is 8.40. The molecule has 0 bridgehead atoms. The van der Waals surface area contributed by atoms with Crippen LogP contribution in [0.3, 0.4) is 0 Å². The van der Waals surface area contributed by atoms with Crippen LogP contribution in [0.25, 0.3) is 0 Å². The van der Waals surface area contributed by atoms with E-state index in [9.17, 15) is 4.79 Å². The van der Waals surface area contributed by atoms with E-state index in [0.717, 1.165) is 10.9 Å². The molecular formula is C14H21BrN2O. The zero-order chi connectivity index (χ0) is 13.7. The molecule has 2 atom stereocenters. The summed E-state index contributed by atoms with van der Waals surface area (Å²) in [6, 6.07) is 7.76. The molecule has 0 heterocycles. The maximum absolute atomic E-state index is 11.8. The van der Waals surface area contributed by atoms with Crippen LogP contribution < -0.4 is 11.1 Å². The summed E-state index contributed by atoms with van der Waals surface area (Å²) in [4.78, 5) is 11.8. The number of carbonyl (C=O) groups is 1. The molecule has 3 nitrogen and oxygen atoms in total. The first-order valence-electron chi connectivity index (χ1n) is 6.20. The van der Waals surface area contributed by atoms with Crippen molar-refractivity contribution in [3.05, 3.63) is 34.3 Å². The molecule has 1 rings (SSSR count). The highest BCUT2D eigenvalue weighted by Crippen LogP contribution is 2.12. The first kappa shape index (κ1) is 15.2. The van der Waals surface area contributed by atoms with E-state index in [2.05, 4.69) is 33.4 Å². The van der Waals surface area contributed by atoms with Gasteiger partial charge in [0.25, 0.3) is 0 Å². The van der Waals surface area contributed by atoms with E-state index in [1.165, 1.54) is 5.56 Å². The van der Waals surface area contributed by atoms with Crippen molar-refractivity contribution in [3.8, 4) is 0 Å². The topological polar surface area (TPSA) is 55.1 Å². The second-order valence-corrected chi connectivity index (χ2v) is 5.93. The highest BCUT2D eigenvalue weighted by molar-refractivity contribution is 9.10. The Bertz CT molecular complexity index is 389. The molecule has 0 radical (unpaired) electrons. The van der Waals surface area contributed by atoms with Gasteiger partial charge < -0.3 is 11.1 Å². The van der Waals surface area contributed by atoms with Gasteiger partial charge in [0, 0.05) is 10.5 Å². The van der Waals surface area contributed by atoms with Gasteiger partial charge in [-0.25, -0.2) is 0 Å². The highest BCUT2D eigenvalue weighted by Gasteiger charge is 2.18. The summed E-state index contributed by atoms with van der Waals surface area (Å²) in [5, 5.41) is 2.95. The van der Waals surface area contributed by atoms with E-state index in [-0.39, 0.29) is 17.9 Å². The number of nitrogens with one attached hydrogen (secondary N) is 1. The van der Waals surface area contributed by atoms with Gasteiger partial charge >= 0.3 is 0 Å². The number of carbonyl (C=O) groups excluding carboxylic acids is 1. The largest absolute Gasteiger partial charge is 0.352 e. The molecule has 18 heavy (non-hydrogen) atoms. The van der Waals surface area contributed by atoms with Crippen molar-refractivity contribution in [1.29, 1.82) is 0 Å². The summed E-state index contributed by atoms with van der Waals surface area (Å²) < 4.78 is 1.06. The van der Waals surface area contributed by atoms with Crippen LogP contribution in [0.2, 0.25) is 0 Å². The van der Waals surface area contributed by atoms with Gasteiger partial charge in [-0.3, -0.25) is 4.79 Å².